The fourth-order valence-electron chi connectivity index (χ4n) is 3.89. The molecule has 2 atom stereocenters. The molecule has 228 valence electrons. The van der Waals surface area contributed by atoms with Crippen LogP contribution in [0.5, 0.6) is 0 Å². The van der Waals surface area contributed by atoms with Gasteiger partial charge in [0.15, 0.2) is 6.10 Å². The summed E-state index contributed by atoms with van der Waals surface area (Å²) in [5, 5.41) is 11.3. The van der Waals surface area contributed by atoms with Gasteiger partial charge in [0.25, 0.3) is 7.82 Å². The average molecular weight is 569 g/mol. The second-order valence-electron chi connectivity index (χ2n) is 11.1. The van der Waals surface area contributed by atoms with Crippen LogP contribution < -0.4 is 10.2 Å². The maximum Gasteiger partial charge on any atom is 0.407 e. The number of phosphoric acid groups is 1. The molecule has 0 aromatic rings. The van der Waals surface area contributed by atoms with E-state index in [-0.39, 0.29) is 6.61 Å². The van der Waals surface area contributed by atoms with Gasteiger partial charge in [0.1, 0.15) is 19.8 Å². The van der Waals surface area contributed by atoms with Crippen molar-refractivity contribution in [2.75, 3.05) is 54.1 Å². The number of alkyl carbamates (subject to hydrolysis) is 1. The smallest absolute Gasteiger partial charge is 0.407 e. The summed E-state index contributed by atoms with van der Waals surface area (Å²) < 4.78 is 27.1. The fourth-order valence-corrected chi connectivity index (χ4v) is 4.62. The summed E-state index contributed by atoms with van der Waals surface area (Å²) >= 11 is 0. The molecule has 0 saturated heterocycles. The summed E-state index contributed by atoms with van der Waals surface area (Å²) in [6, 6.07) is 0. The van der Waals surface area contributed by atoms with E-state index in [1.54, 1.807) is 0 Å². The number of nitrogens with zero attached hydrogens (tertiary/aromatic N) is 1. The molecule has 0 spiro atoms. The third kappa shape index (κ3) is 26.9. The molecule has 1 unspecified atom stereocenters. The first kappa shape index (κ1) is 37.3. The molecule has 2 N–H and O–H groups in total. The van der Waals surface area contributed by atoms with Gasteiger partial charge in [-0.05, 0) is 6.42 Å². The van der Waals surface area contributed by atoms with Gasteiger partial charge in [-0.3, -0.25) is 9.82 Å². The van der Waals surface area contributed by atoms with E-state index in [1.807, 2.05) is 21.1 Å². The van der Waals surface area contributed by atoms with Crippen LogP contribution in [0.4, 0.5) is 4.79 Å². The molecule has 38 heavy (non-hydrogen) atoms. The van der Waals surface area contributed by atoms with E-state index in [0.29, 0.717) is 17.6 Å². The highest BCUT2D eigenvalue weighted by Crippen LogP contribution is 2.38. The van der Waals surface area contributed by atoms with Crippen molar-refractivity contribution >= 4 is 13.9 Å². The molecule has 0 aliphatic rings. The van der Waals surface area contributed by atoms with Crippen molar-refractivity contribution in [3.8, 4) is 0 Å². The zero-order valence-corrected chi connectivity index (χ0v) is 25.5. The van der Waals surface area contributed by atoms with Gasteiger partial charge in [-0.2, -0.15) is 0 Å². The first-order chi connectivity index (χ1) is 18.1. The van der Waals surface area contributed by atoms with Gasteiger partial charge in [0.2, 0.25) is 0 Å². The van der Waals surface area contributed by atoms with Crippen LogP contribution in [-0.4, -0.2) is 76.0 Å². The fraction of sp³-hybridized carbons (Fsp3) is 0.963. The zero-order chi connectivity index (χ0) is 28.5. The Hall–Kier alpha value is -0.740. The Morgan fingerprint density at radius 2 is 1.29 bits per heavy atom. The Balaban J connectivity index is 3.72. The third-order valence-electron chi connectivity index (χ3n) is 6.26. The highest BCUT2D eigenvalue weighted by Gasteiger charge is 2.20. The van der Waals surface area contributed by atoms with E-state index in [1.165, 1.54) is 83.5 Å². The number of carbonyl (C=O) groups excluding carboxylic acids is 1. The predicted molar refractivity (Wildman–Crippen MR) is 149 cm³/mol. The van der Waals surface area contributed by atoms with Crippen LogP contribution >= 0.6 is 7.82 Å². The summed E-state index contributed by atoms with van der Waals surface area (Å²) in [5.41, 5.74) is 0. The number of nitrogens with one attached hydrogen (secondary N) is 1. The molecule has 0 fully saturated rings. The molecule has 0 heterocycles. The number of phosphoric ester groups is 1. The van der Waals surface area contributed by atoms with Crippen LogP contribution in [0, 0.1) is 0 Å². The lowest BCUT2D eigenvalue weighted by molar-refractivity contribution is -0.870. The number of likely N-dealkylation sites (N-methyl/N-ethyl adjacent to an activating group) is 1. The van der Waals surface area contributed by atoms with Crippen molar-refractivity contribution in [1.29, 1.82) is 0 Å². The normalized spacial score (nSPS) is 14.3. The van der Waals surface area contributed by atoms with Gasteiger partial charge in [-0.15, -0.1) is 0 Å². The number of unbranched alkanes of at least 4 members (excludes halogenated alkanes) is 15. The Labute approximate surface area is 231 Å². The Morgan fingerprint density at radius 1 is 0.816 bits per heavy atom. The first-order valence-corrected chi connectivity index (χ1v) is 16.2. The SMILES string of the molecule is CCCCCCCCCCCCCCCCCCNC(=O)O[C@H](COO)COP(=O)([O-])OCC[N+](C)(C)C. The lowest BCUT2D eigenvalue weighted by Gasteiger charge is -2.28. The quantitative estimate of drug-likeness (QED) is 0.0404. The van der Waals surface area contributed by atoms with Crippen LogP contribution in [-0.2, 0) is 23.2 Å². The monoisotopic (exact) mass is 568 g/mol. The Bertz CT molecular complexity index is 604. The van der Waals surface area contributed by atoms with E-state index in [0.717, 1.165) is 19.3 Å². The number of hydrogen-bond donors (Lipinski definition) is 2. The minimum Gasteiger partial charge on any atom is -0.756 e. The minimum absolute atomic E-state index is 0.0356. The van der Waals surface area contributed by atoms with Crippen molar-refractivity contribution in [3.63, 3.8) is 0 Å². The molecule has 0 aliphatic heterocycles. The maximum absolute atomic E-state index is 12.0. The predicted octanol–water partition coefficient (Wildman–Crippen LogP) is 6.04. The largest absolute Gasteiger partial charge is 0.756 e. The number of hydrogen-bond acceptors (Lipinski definition) is 8. The molecule has 0 radical (unpaired) electrons. The number of carbonyl (C=O) groups is 1. The Kier molecular flexibility index (Phi) is 23.6. The lowest BCUT2D eigenvalue weighted by Crippen LogP contribution is -2.38. The van der Waals surface area contributed by atoms with Crippen LogP contribution in [0.2, 0.25) is 0 Å². The van der Waals surface area contributed by atoms with Crippen LogP contribution in [0.1, 0.15) is 110 Å². The highest BCUT2D eigenvalue weighted by molar-refractivity contribution is 7.45. The molecule has 0 rings (SSSR count). The highest BCUT2D eigenvalue weighted by atomic mass is 31.2. The molecule has 1 amide bonds. The number of ether oxygens (including phenoxy) is 1. The molecule has 0 aromatic heterocycles. The maximum atomic E-state index is 12.0. The van der Waals surface area contributed by atoms with Crippen molar-refractivity contribution in [3.05, 3.63) is 0 Å². The van der Waals surface area contributed by atoms with E-state index >= 15 is 0 Å². The molecular formula is C27H57N2O8P. The lowest BCUT2D eigenvalue weighted by atomic mass is 10.0. The van der Waals surface area contributed by atoms with E-state index in [2.05, 4.69) is 17.1 Å². The van der Waals surface area contributed by atoms with Crippen LogP contribution in [0.25, 0.3) is 0 Å². The molecular weight excluding hydrogens is 511 g/mol. The molecule has 0 aromatic carbocycles. The number of rotatable bonds is 27. The Morgan fingerprint density at radius 3 is 1.74 bits per heavy atom. The van der Waals surface area contributed by atoms with Crippen molar-refractivity contribution < 1.29 is 42.7 Å². The summed E-state index contributed by atoms with van der Waals surface area (Å²) in [5.74, 6) is 0. The van der Waals surface area contributed by atoms with Gasteiger partial charge in [0.05, 0.1) is 27.7 Å². The van der Waals surface area contributed by atoms with Crippen molar-refractivity contribution in [2.24, 2.45) is 0 Å². The van der Waals surface area contributed by atoms with Gasteiger partial charge >= 0.3 is 6.09 Å². The second-order valence-corrected chi connectivity index (χ2v) is 12.6. The van der Waals surface area contributed by atoms with E-state index < -0.39 is 33.2 Å². The number of amides is 1. The van der Waals surface area contributed by atoms with Gasteiger partial charge in [-0.1, -0.05) is 103 Å². The number of quaternary nitrogens is 1. The van der Waals surface area contributed by atoms with Gasteiger partial charge < -0.3 is 28.5 Å². The zero-order valence-electron chi connectivity index (χ0n) is 24.6. The van der Waals surface area contributed by atoms with Crippen LogP contribution in [0.3, 0.4) is 0 Å². The van der Waals surface area contributed by atoms with E-state index in [9.17, 15) is 14.3 Å². The summed E-state index contributed by atoms with van der Waals surface area (Å²) in [6.45, 7) is 2.21. The van der Waals surface area contributed by atoms with Gasteiger partial charge in [-0.25, -0.2) is 9.68 Å². The standard InChI is InChI=1S/C27H57N2O8P/c1-5-6-7-8-9-10-11-12-13-14-15-16-17-18-19-20-21-28-27(30)37-26(24-34-31)25-36-38(32,33)35-23-22-29(2,3)4/h26H,5-25H2,1-4H3,(H2-,28,30,31,32,33)/t26-/m1/s1. The first-order valence-electron chi connectivity index (χ1n) is 14.7. The summed E-state index contributed by atoms with van der Waals surface area (Å²) in [4.78, 5) is 27.9. The van der Waals surface area contributed by atoms with Gasteiger partial charge in [0, 0.05) is 6.54 Å². The molecule has 0 bridgehead atoms. The van der Waals surface area contributed by atoms with Crippen LogP contribution in [0.15, 0.2) is 0 Å². The van der Waals surface area contributed by atoms with E-state index in [4.69, 9.17) is 19.0 Å². The molecule has 11 heteroatoms. The summed E-state index contributed by atoms with van der Waals surface area (Å²) in [7, 11) is 1.15. The van der Waals surface area contributed by atoms with Crippen molar-refractivity contribution in [2.45, 2.75) is 116 Å². The topological polar surface area (TPSA) is 126 Å². The molecule has 0 aliphatic carbocycles. The summed E-state index contributed by atoms with van der Waals surface area (Å²) in [6.07, 6.45) is 18.7. The second kappa shape index (κ2) is 24.1. The molecule has 0 saturated carbocycles. The molecule has 10 nitrogen and oxygen atoms in total. The average Bonchev–Trinajstić information content (AvgIpc) is 2.83. The minimum atomic E-state index is -4.56. The van der Waals surface area contributed by atoms with Crippen molar-refractivity contribution in [1.82, 2.24) is 5.32 Å². The third-order valence-corrected chi connectivity index (χ3v) is 7.23.